The van der Waals surface area contributed by atoms with Gasteiger partial charge >= 0.3 is 5.97 Å². The Balaban J connectivity index is 2.85. The van der Waals surface area contributed by atoms with Crippen LogP contribution in [0.2, 0.25) is 9.36 Å². The molecule has 0 bridgehead atoms. The molecule has 0 aliphatic carbocycles. The van der Waals surface area contributed by atoms with Crippen molar-refractivity contribution in [1.29, 1.82) is 0 Å². The molecule has 0 saturated heterocycles. The Morgan fingerprint density at radius 2 is 2.27 bits per heavy atom. The van der Waals surface area contributed by atoms with E-state index in [0.29, 0.717) is 14.2 Å². The van der Waals surface area contributed by atoms with E-state index in [4.69, 9.17) is 28.3 Å². The summed E-state index contributed by atoms with van der Waals surface area (Å²) in [5.74, 6) is -0.898. The molecule has 1 rings (SSSR count). The van der Waals surface area contributed by atoms with E-state index in [-0.39, 0.29) is 6.42 Å². The third-order valence-electron chi connectivity index (χ3n) is 1.04. The highest BCUT2D eigenvalue weighted by Crippen LogP contribution is 2.30. The van der Waals surface area contributed by atoms with Crippen LogP contribution < -0.4 is 0 Å². The van der Waals surface area contributed by atoms with E-state index >= 15 is 0 Å². The third-order valence-corrected chi connectivity index (χ3v) is 2.75. The fourth-order valence-corrected chi connectivity index (χ4v) is 2.20. The number of hydrogen-bond donors (Lipinski definition) is 1. The normalized spacial score (nSPS) is 10.0. The SMILES string of the molecule is O=C(O)Cc1sc(Cl)cc1Cl. The van der Waals surface area contributed by atoms with Crippen LogP contribution in [0.3, 0.4) is 0 Å². The number of aliphatic carboxylic acids is 1. The molecule has 0 amide bonds. The van der Waals surface area contributed by atoms with Gasteiger partial charge in [-0.1, -0.05) is 23.2 Å². The van der Waals surface area contributed by atoms with E-state index in [0.717, 1.165) is 0 Å². The van der Waals surface area contributed by atoms with Crippen molar-refractivity contribution < 1.29 is 9.90 Å². The molecule has 1 heterocycles. The maximum absolute atomic E-state index is 10.2. The first-order valence-electron chi connectivity index (χ1n) is 2.75. The molecule has 0 aliphatic rings. The average Bonchev–Trinajstić information content (AvgIpc) is 2.09. The molecule has 0 radical (unpaired) electrons. The predicted octanol–water partition coefficient (Wildman–Crippen LogP) is 2.68. The molecule has 0 unspecified atom stereocenters. The number of hydrogen-bond acceptors (Lipinski definition) is 2. The number of carbonyl (C=O) groups is 1. The minimum Gasteiger partial charge on any atom is -0.481 e. The standard InChI is InChI=1S/C6H4Cl2O2S/c7-3-1-5(8)11-4(3)2-6(9)10/h1H,2H2,(H,9,10). The molecule has 0 atom stereocenters. The van der Waals surface area contributed by atoms with Gasteiger partial charge in [0.25, 0.3) is 0 Å². The minimum absolute atomic E-state index is 0.0593. The topological polar surface area (TPSA) is 37.3 Å². The molecular weight excluding hydrogens is 207 g/mol. The molecule has 0 saturated carbocycles. The quantitative estimate of drug-likeness (QED) is 0.816. The van der Waals surface area contributed by atoms with Gasteiger partial charge in [-0.3, -0.25) is 4.79 Å². The number of carboxylic acid groups (broad SMARTS) is 1. The van der Waals surface area contributed by atoms with E-state index in [1.165, 1.54) is 11.3 Å². The van der Waals surface area contributed by atoms with Crippen molar-refractivity contribution in [2.45, 2.75) is 6.42 Å². The van der Waals surface area contributed by atoms with Gasteiger partial charge in [0.05, 0.1) is 15.8 Å². The molecule has 2 nitrogen and oxygen atoms in total. The summed E-state index contributed by atoms with van der Waals surface area (Å²) in [4.78, 5) is 10.8. The number of thiophene rings is 1. The van der Waals surface area contributed by atoms with Crippen molar-refractivity contribution in [3.63, 3.8) is 0 Å². The van der Waals surface area contributed by atoms with Gasteiger partial charge in [-0.15, -0.1) is 11.3 Å². The van der Waals surface area contributed by atoms with E-state index < -0.39 is 5.97 Å². The van der Waals surface area contributed by atoms with Gasteiger partial charge in [0.2, 0.25) is 0 Å². The summed E-state index contributed by atoms with van der Waals surface area (Å²) in [7, 11) is 0. The Morgan fingerprint density at radius 3 is 2.64 bits per heavy atom. The van der Waals surface area contributed by atoms with Crippen LogP contribution in [0.5, 0.6) is 0 Å². The Morgan fingerprint density at radius 1 is 1.64 bits per heavy atom. The van der Waals surface area contributed by atoms with Crippen LogP contribution in [0.25, 0.3) is 0 Å². The van der Waals surface area contributed by atoms with Crippen LogP contribution in [-0.4, -0.2) is 11.1 Å². The lowest BCUT2D eigenvalue weighted by molar-refractivity contribution is -0.136. The first kappa shape index (κ1) is 8.84. The molecule has 11 heavy (non-hydrogen) atoms. The highest BCUT2D eigenvalue weighted by Gasteiger charge is 2.08. The molecule has 0 aromatic carbocycles. The van der Waals surface area contributed by atoms with Gasteiger partial charge < -0.3 is 5.11 Å². The zero-order valence-electron chi connectivity index (χ0n) is 5.30. The van der Waals surface area contributed by atoms with Crippen molar-refractivity contribution in [2.24, 2.45) is 0 Å². The molecule has 1 aromatic rings. The molecular formula is C6H4Cl2O2S. The van der Waals surface area contributed by atoms with Gasteiger partial charge in [0.15, 0.2) is 0 Å². The van der Waals surface area contributed by atoms with Crippen molar-refractivity contribution in [2.75, 3.05) is 0 Å². The predicted molar refractivity (Wildman–Crippen MR) is 45.7 cm³/mol. The van der Waals surface area contributed by atoms with Crippen LogP contribution >= 0.6 is 34.5 Å². The molecule has 1 aromatic heterocycles. The number of rotatable bonds is 2. The highest BCUT2D eigenvalue weighted by atomic mass is 35.5. The molecule has 60 valence electrons. The molecule has 0 aliphatic heterocycles. The maximum Gasteiger partial charge on any atom is 0.308 e. The summed E-state index contributed by atoms with van der Waals surface area (Å²) < 4.78 is 0.520. The summed E-state index contributed by atoms with van der Waals surface area (Å²) >= 11 is 12.4. The second kappa shape index (κ2) is 3.43. The fourth-order valence-electron chi connectivity index (χ4n) is 0.634. The number of halogens is 2. The Kier molecular flexibility index (Phi) is 2.76. The monoisotopic (exact) mass is 210 g/mol. The lowest BCUT2D eigenvalue weighted by atomic mass is 10.3. The van der Waals surface area contributed by atoms with Gasteiger partial charge in [-0.25, -0.2) is 0 Å². The lowest BCUT2D eigenvalue weighted by Gasteiger charge is -1.89. The molecule has 0 spiro atoms. The minimum atomic E-state index is -0.898. The van der Waals surface area contributed by atoms with E-state index in [2.05, 4.69) is 0 Å². The molecule has 1 N–H and O–H groups in total. The summed E-state index contributed by atoms with van der Waals surface area (Å²) in [5.41, 5.74) is 0. The summed E-state index contributed by atoms with van der Waals surface area (Å²) in [5, 5.41) is 8.84. The summed E-state index contributed by atoms with van der Waals surface area (Å²) in [6.07, 6.45) is -0.0593. The molecule has 0 fully saturated rings. The van der Waals surface area contributed by atoms with Crippen LogP contribution in [0.1, 0.15) is 4.88 Å². The van der Waals surface area contributed by atoms with Crippen LogP contribution in [0, 0.1) is 0 Å². The van der Waals surface area contributed by atoms with Crippen molar-refractivity contribution >= 4 is 40.5 Å². The summed E-state index contributed by atoms with van der Waals surface area (Å²) in [6.45, 7) is 0. The number of carboxylic acids is 1. The van der Waals surface area contributed by atoms with Gasteiger partial charge in [-0.2, -0.15) is 0 Å². The molecule has 5 heteroatoms. The van der Waals surface area contributed by atoms with E-state index in [1.54, 1.807) is 6.07 Å². The van der Waals surface area contributed by atoms with Crippen LogP contribution in [0.15, 0.2) is 6.07 Å². The van der Waals surface area contributed by atoms with Crippen molar-refractivity contribution in [1.82, 2.24) is 0 Å². The van der Waals surface area contributed by atoms with E-state index in [9.17, 15) is 4.79 Å². The zero-order chi connectivity index (χ0) is 8.43. The van der Waals surface area contributed by atoms with E-state index in [1.807, 2.05) is 0 Å². The third kappa shape index (κ3) is 2.36. The maximum atomic E-state index is 10.2. The zero-order valence-corrected chi connectivity index (χ0v) is 7.63. The van der Waals surface area contributed by atoms with Gasteiger partial charge in [-0.05, 0) is 6.07 Å². The Bertz CT molecular complexity index is 282. The van der Waals surface area contributed by atoms with Crippen molar-refractivity contribution in [3.8, 4) is 0 Å². The fraction of sp³-hybridized carbons (Fsp3) is 0.167. The second-order valence-corrected chi connectivity index (χ2v) is 4.07. The second-order valence-electron chi connectivity index (χ2n) is 1.89. The Hall–Kier alpha value is -0.250. The summed E-state index contributed by atoms with van der Waals surface area (Å²) in [6, 6.07) is 1.55. The Labute approximate surface area is 77.4 Å². The van der Waals surface area contributed by atoms with Crippen LogP contribution in [-0.2, 0) is 11.2 Å². The van der Waals surface area contributed by atoms with Gasteiger partial charge in [0.1, 0.15) is 0 Å². The van der Waals surface area contributed by atoms with Crippen LogP contribution in [0.4, 0.5) is 0 Å². The largest absolute Gasteiger partial charge is 0.481 e. The average molecular weight is 211 g/mol. The van der Waals surface area contributed by atoms with Crippen molar-refractivity contribution in [3.05, 3.63) is 20.3 Å². The lowest BCUT2D eigenvalue weighted by Crippen LogP contribution is -1.97. The van der Waals surface area contributed by atoms with Gasteiger partial charge in [0, 0.05) is 4.88 Å². The first-order valence-corrected chi connectivity index (χ1v) is 4.32. The first-order chi connectivity index (χ1) is 5.09. The smallest absolute Gasteiger partial charge is 0.308 e. The highest BCUT2D eigenvalue weighted by molar-refractivity contribution is 7.16.